The summed E-state index contributed by atoms with van der Waals surface area (Å²) in [5, 5.41) is 0.694. The normalized spacial score (nSPS) is 22.2. The Balaban J connectivity index is 1.26. The highest BCUT2D eigenvalue weighted by atomic mass is 35.5. The first-order valence-electron chi connectivity index (χ1n) is 11.0. The predicted octanol–water partition coefficient (Wildman–Crippen LogP) is 4.38. The molecule has 7 heteroatoms. The van der Waals surface area contributed by atoms with Gasteiger partial charge in [0.25, 0.3) is 5.91 Å². The van der Waals surface area contributed by atoms with Crippen molar-refractivity contribution < 1.29 is 19.1 Å². The molecule has 2 N–H and O–H groups in total. The summed E-state index contributed by atoms with van der Waals surface area (Å²) in [6, 6.07) is 12.5. The number of hydrogen-bond donors (Lipinski definition) is 2. The molecule has 2 aromatic rings. The van der Waals surface area contributed by atoms with Crippen LogP contribution in [0, 0.1) is 24.7 Å². The van der Waals surface area contributed by atoms with Gasteiger partial charge < -0.3 is 4.74 Å². The minimum absolute atomic E-state index is 0.000465. The molecule has 0 radical (unpaired) electrons. The number of benzene rings is 2. The van der Waals surface area contributed by atoms with Gasteiger partial charge in [0.15, 0.2) is 0 Å². The van der Waals surface area contributed by atoms with Crippen LogP contribution in [0.15, 0.2) is 42.5 Å². The summed E-state index contributed by atoms with van der Waals surface area (Å²) in [4.78, 5) is 37.1. The molecule has 2 bridgehead atoms. The van der Waals surface area contributed by atoms with Crippen molar-refractivity contribution >= 4 is 29.2 Å². The zero-order chi connectivity index (χ0) is 22.7. The average molecular weight is 455 g/mol. The molecule has 168 valence electrons. The van der Waals surface area contributed by atoms with E-state index >= 15 is 0 Å². The standard InChI is InChI=1S/C25H27ClN2O4/c1-15-11-21(9-10-22(15)26)32-14-16-5-7-17(8-6-16)24(30)27-28-25(31)20-12-18-3-2-4-19(13-20)23(18)29/h5-11,18-20H,2-4,12-14H2,1H3,(H,27,30)(H,28,31). The van der Waals surface area contributed by atoms with E-state index in [0.717, 1.165) is 36.1 Å². The van der Waals surface area contributed by atoms with E-state index in [9.17, 15) is 14.4 Å². The topological polar surface area (TPSA) is 84.5 Å². The van der Waals surface area contributed by atoms with Crippen LogP contribution in [0.2, 0.25) is 5.02 Å². The van der Waals surface area contributed by atoms with Crippen LogP contribution >= 0.6 is 11.6 Å². The van der Waals surface area contributed by atoms with Gasteiger partial charge in [0.2, 0.25) is 5.91 Å². The third-order valence-electron chi connectivity index (χ3n) is 6.47. The predicted molar refractivity (Wildman–Crippen MR) is 121 cm³/mol. The number of hydrazine groups is 1. The van der Waals surface area contributed by atoms with Gasteiger partial charge in [-0.1, -0.05) is 30.2 Å². The van der Waals surface area contributed by atoms with Crippen molar-refractivity contribution in [1.29, 1.82) is 0 Å². The minimum atomic E-state index is -0.383. The maximum absolute atomic E-state index is 12.5. The number of rotatable bonds is 5. The van der Waals surface area contributed by atoms with E-state index in [1.165, 1.54) is 0 Å². The third kappa shape index (κ3) is 5.13. The van der Waals surface area contributed by atoms with Crippen LogP contribution in [-0.4, -0.2) is 17.6 Å². The molecule has 0 aromatic heterocycles. The summed E-state index contributed by atoms with van der Waals surface area (Å²) in [6.07, 6.45) is 3.97. The van der Waals surface area contributed by atoms with E-state index in [2.05, 4.69) is 10.9 Å². The number of nitrogens with one attached hydrogen (secondary N) is 2. The molecular weight excluding hydrogens is 428 g/mol. The number of ketones is 1. The van der Waals surface area contributed by atoms with Crippen molar-refractivity contribution in [1.82, 2.24) is 10.9 Å². The number of carbonyl (C=O) groups excluding carboxylic acids is 3. The van der Waals surface area contributed by atoms with Crippen molar-refractivity contribution in [2.75, 3.05) is 0 Å². The molecule has 2 aliphatic rings. The summed E-state index contributed by atoms with van der Waals surface area (Å²) < 4.78 is 5.77. The molecule has 0 saturated heterocycles. The Hall–Kier alpha value is -2.86. The molecule has 2 fully saturated rings. The molecule has 0 heterocycles. The lowest BCUT2D eigenvalue weighted by atomic mass is 9.67. The van der Waals surface area contributed by atoms with Gasteiger partial charge in [0.05, 0.1) is 0 Å². The number of carbonyl (C=O) groups is 3. The second-order valence-corrected chi connectivity index (χ2v) is 9.14. The van der Waals surface area contributed by atoms with Gasteiger partial charge in [0, 0.05) is 28.3 Å². The molecule has 32 heavy (non-hydrogen) atoms. The van der Waals surface area contributed by atoms with Crippen LogP contribution < -0.4 is 15.6 Å². The molecular formula is C25H27ClN2O4. The highest BCUT2D eigenvalue weighted by molar-refractivity contribution is 6.31. The second-order valence-electron chi connectivity index (χ2n) is 8.74. The lowest BCUT2D eigenvalue weighted by Gasteiger charge is -2.36. The van der Waals surface area contributed by atoms with Crippen LogP contribution in [0.5, 0.6) is 5.75 Å². The summed E-state index contributed by atoms with van der Waals surface area (Å²) in [5.41, 5.74) is 7.33. The molecule has 2 unspecified atom stereocenters. The zero-order valence-electron chi connectivity index (χ0n) is 18.0. The Bertz CT molecular complexity index is 1010. The van der Waals surface area contributed by atoms with E-state index in [1.807, 2.05) is 31.2 Å². The van der Waals surface area contributed by atoms with E-state index in [4.69, 9.17) is 16.3 Å². The van der Waals surface area contributed by atoms with E-state index in [1.54, 1.807) is 18.2 Å². The van der Waals surface area contributed by atoms with Crippen molar-refractivity contribution in [3.8, 4) is 5.75 Å². The number of ether oxygens (including phenoxy) is 1. The largest absolute Gasteiger partial charge is 0.489 e. The lowest BCUT2D eigenvalue weighted by Crippen LogP contribution is -2.48. The van der Waals surface area contributed by atoms with Gasteiger partial charge in [0.1, 0.15) is 18.1 Å². The van der Waals surface area contributed by atoms with Gasteiger partial charge in [-0.15, -0.1) is 0 Å². The fourth-order valence-electron chi connectivity index (χ4n) is 4.61. The number of amides is 2. The fourth-order valence-corrected chi connectivity index (χ4v) is 4.73. The molecule has 2 atom stereocenters. The Kier molecular flexibility index (Phi) is 6.80. The SMILES string of the molecule is Cc1cc(OCc2ccc(C(=O)NNC(=O)C3CC4CCCC(C3)C4=O)cc2)ccc1Cl. The van der Waals surface area contributed by atoms with Gasteiger partial charge in [-0.2, -0.15) is 0 Å². The van der Waals surface area contributed by atoms with Gasteiger partial charge in [-0.3, -0.25) is 25.2 Å². The van der Waals surface area contributed by atoms with Crippen molar-refractivity contribution in [3.63, 3.8) is 0 Å². The van der Waals surface area contributed by atoms with E-state index in [0.29, 0.717) is 35.8 Å². The summed E-state index contributed by atoms with van der Waals surface area (Å²) >= 11 is 6.03. The quantitative estimate of drug-likeness (QED) is 0.656. The molecule has 2 amide bonds. The first-order chi connectivity index (χ1) is 15.4. The maximum atomic E-state index is 12.5. The van der Waals surface area contributed by atoms with Crippen molar-refractivity contribution in [3.05, 3.63) is 64.2 Å². The van der Waals surface area contributed by atoms with E-state index in [-0.39, 0.29) is 29.6 Å². The summed E-state index contributed by atoms with van der Waals surface area (Å²) in [7, 11) is 0. The fraction of sp³-hybridized carbons (Fsp3) is 0.400. The monoisotopic (exact) mass is 454 g/mol. The molecule has 0 aliphatic heterocycles. The number of hydrogen-bond acceptors (Lipinski definition) is 4. The Morgan fingerprint density at radius 1 is 1.03 bits per heavy atom. The van der Waals surface area contributed by atoms with Gasteiger partial charge in [-0.05, 0) is 74.1 Å². The molecule has 4 rings (SSSR count). The highest BCUT2D eigenvalue weighted by Gasteiger charge is 2.41. The Morgan fingerprint density at radius 3 is 2.38 bits per heavy atom. The second kappa shape index (κ2) is 9.74. The smallest absolute Gasteiger partial charge is 0.269 e. The van der Waals surface area contributed by atoms with E-state index < -0.39 is 0 Å². The molecule has 0 spiro atoms. The Labute approximate surface area is 192 Å². The minimum Gasteiger partial charge on any atom is -0.489 e. The summed E-state index contributed by atoms with van der Waals surface area (Å²) in [5.74, 6) is 0.224. The first-order valence-corrected chi connectivity index (χ1v) is 11.4. The van der Waals surface area contributed by atoms with Crippen LogP contribution in [0.25, 0.3) is 0 Å². The van der Waals surface area contributed by atoms with Crippen LogP contribution in [0.3, 0.4) is 0 Å². The number of halogens is 1. The molecule has 2 aliphatic carbocycles. The number of Topliss-reactive ketones (excluding diaryl/α,β-unsaturated/α-hetero) is 1. The Morgan fingerprint density at radius 2 is 1.72 bits per heavy atom. The summed E-state index contributed by atoms with van der Waals surface area (Å²) in [6.45, 7) is 2.28. The van der Waals surface area contributed by atoms with Crippen molar-refractivity contribution in [2.24, 2.45) is 17.8 Å². The van der Waals surface area contributed by atoms with Gasteiger partial charge in [-0.25, -0.2) is 0 Å². The lowest BCUT2D eigenvalue weighted by molar-refractivity contribution is -0.138. The van der Waals surface area contributed by atoms with Crippen LogP contribution in [-0.2, 0) is 16.2 Å². The average Bonchev–Trinajstić information content (AvgIpc) is 2.78. The maximum Gasteiger partial charge on any atom is 0.269 e. The number of fused-ring (bicyclic) bond motifs is 2. The number of aryl methyl sites for hydroxylation is 1. The van der Waals surface area contributed by atoms with Crippen LogP contribution in [0.4, 0.5) is 0 Å². The molecule has 2 saturated carbocycles. The first kappa shape index (κ1) is 22.3. The zero-order valence-corrected chi connectivity index (χ0v) is 18.8. The van der Waals surface area contributed by atoms with Crippen LogP contribution in [0.1, 0.15) is 53.6 Å². The van der Waals surface area contributed by atoms with Crippen molar-refractivity contribution in [2.45, 2.75) is 45.6 Å². The van der Waals surface area contributed by atoms with Gasteiger partial charge >= 0.3 is 0 Å². The molecule has 2 aromatic carbocycles. The highest BCUT2D eigenvalue weighted by Crippen LogP contribution is 2.40. The third-order valence-corrected chi connectivity index (χ3v) is 6.89. The molecule has 6 nitrogen and oxygen atoms in total.